The summed E-state index contributed by atoms with van der Waals surface area (Å²) in [5, 5.41) is 11.8. The quantitative estimate of drug-likeness (QED) is 0.867. The van der Waals surface area contributed by atoms with Gasteiger partial charge in [0.1, 0.15) is 6.54 Å². The van der Waals surface area contributed by atoms with Crippen LogP contribution in [0.25, 0.3) is 0 Å². The van der Waals surface area contributed by atoms with Crippen LogP contribution in [-0.2, 0) is 14.8 Å². The number of anilines is 2. The van der Waals surface area contributed by atoms with Gasteiger partial charge in [-0.3, -0.25) is 9.10 Å². The lowest BCUT2D eigenvalue weighted by atomic mass is 10.2. The van der Waals surface area contributed by atoms with E-state index < -0.39 is 15.9 Å². The fraction of sp³-hybridized carbons (Fsp3) is 0.176. The molecule has 8 heteroatoms. The Hall–Kier alpha value is -2.56. The first-order valence-corrected chi connectivity index (χ1v) is 9.48. The Balaban J connectivity index is 2.24. The van der Waals surface area contributed by atoms with Gasteiger partial charge >= 0.3 is 0 Å². The predicted molar refractivity (Wildman–Crippen MR) is 98.2 cm³/mol. The third-order valence-electron chi connectivity index (χ3n) is 3.49. The van der Waals surface area contributed by atoms with E-state index in [9.17, 15) is 13.2 Å². The summed E-state index contributed by atoms with van der Waals surface area (Å²) in [7, 11) is -3.68. The number of amides is 1. The average molecular weight is 378 g/mol. The van der Waals surface area contributed by atoms with Crippen molar-refractivity contribution in [1.82, 2.24) is 0 Å². The summed E-state index contributed by atoms with van der Waals surface area (Å²) in [6, 6.07) is 13.1. The molecule has 0 spiro atoms. The second-order valence-corrected chi connectivity index (χ2v) is 7.70. The molecule has 0 saturated carbocycles. The summed E-state index contributed by atoms with van der Waals surface area (Å²) in [5.74, 6) is -0.505. The molecule has 25 heavy (non-hydrogen) atoms. The molecule has 2 aromatic rings. The average Bonchev–Trinajstić information content (AvgIpc) is 2.55. The highest BCUT2D eigenvalue weighted by atomic mass is 35.5. The number of carbonyl (C=O) groups is 1. The van der Waals surface area contributed by atoms with Gasteiger partial charge in [0.2, 0.25) is 15.9 Å². The van der Waals surface area contributed by atoms with Crippen molar-refractivity contribution in [3.8, 4) is 6.07 Å². The van der Waals surface area contributed by atoms with E-state index in [4.69, 9.17) is 16.9 Å². The van der Waals surface area contributed by atoms with Gasteiger partial charge in [-0.25, -0.2) is 8.42 Å². The third-order valence-corrected chi connectivity index (χ3v) is 5.03. The molecule has 130 valence electrons. The highest BCUT2D eigenvalue weighted by molar-refractivity contribution is 7.92. The zero-order valence-electron chi connectivity index (χ0n) is 13.7. The number of hydrogen-bond acceptors (Lipinski definition) is 4. The van der Waals surface area contributed by atoms with Gasteiger partial charge in [0, 0.05) is 10.7 Å². The zero-order chi connectivity index (χ0) is 18.6. The molecular formula is C17H16ClN3O3S. The van der Waals surface area contributed by atoms with Crippen LogP contribution in [0.15, 0.2) is 42.5 Å². The highest BCUT2D eigenvalue weighted by Gasteiger charge is 2.23. The number of nitriles is 1. The summed E-state index contributed by atoms with van der Waals surface area (Å²) in [5.41, 5.74) is 1.86. The summed E-state index contributed by atoms with van der Waals surface area (Å²) in [4.78, 5) is 12.3. The number of carbonyl (C=O) groups excluding carboxylic acids is 1. The Morgan fingerprint density at radius 3 is 2.44 bits per heavy atom. The molecule has 0 aliphatic rings. The Morgan fingerprint density at radius 1 is 1.24 bits per heavy atom. The number of sulfonamides is 1. The molecule has 0 atom stereocenters. The van der Waals surface area contributed by atoms with E-state index in [2.05, 4.69) is 5.32 Å². The van der Waals surface area contributed by atoms with Gasteiger partial charge in [-0.15, -0.1) is 0 Å². The van der Waals surface area contributed by atoms with E-state index >= 15 is 0 Å². The number of benzene rings is 2. The van der Waals surface area contributed by atoms with Crippen LogP contribution in [0.1, 0.15) is 11.1 Å². The molecule has 2 rings (SSSR count). The van der Waals surface area contributed by atoms with E-state index in [0.717, 1.165) is 10.6 Å². The standard InChI is InChI=1S/C17H16ClN3O3S/c1-12-15(18)4-3-5-16(12)21(25(2,23)24)11-17(22)20-14-8-6-13(10-19)7-9-14/h3-9H,11H2,1-2H3,(H,20,22). The van der Waals surface area contributed by atoms with Gasteiger partial charge in [0.15, 0.2) is 0 Å². The van der Waals surface area contributed by atoms with E-state index in [1.165, 1.54) is 0 Å². The molecule has 0 saturated heterocycles. The van der Waals surface area contributed by atoms with Gasteiger partial charge in [-0.05, 0) is 48.9 Å². The van der Waals surface area contributed by atoms with E-state index in [-0.39, 0.29) is 6.54 Å². The van der Waals surface area contributed by atoms with Crippen molar-refractivity contribution in [2.45, 2.75) is 6.92 Å². The fourth-order valence-electron chi connectivity index (χ4n) is 2.21. The fourth-order valence-corrected chi connectivity index (χ4v) is 3.28. The molecule has 0 radical (unpaired) electrons. The van der Waals surface area contributed by atoms with Crippen LogP contribution in [0.3, 0.4) is 0 Å². The number of hydrogen-bond donors (Lipinski definition) is 1. The monoisotopic (exact) mass is 377 g/mol. The van der Waals surface area contributed by atoms with Crippen molar-refractivity contribution in [2.75, 3.05) is 22.4 Å². The van der Waals surface area contributed by atoms with Gasteiger partial charge in [-0.2, -0.15) is 5.26 Å². The summed E-state index contributed by atoms with van der Waals surface area (Å²) in [6.07, 6.45) is 1.03. The third kappa shape index (κ3) is 4.72. The highest BCUT2D eigenvalue weighted by Crippen LogP contribution is 2.28. The largest absolute Gasteiger partial charge is 0.325 e. The topological polar surface area (TPSA) is 90.3 Å². The molecule has 0 aliphatic heterocycles. The minimum atomic E-state index is -3.68. The molecule has 0 fully saturated rings. The van der Waals surface area contributed by atoms with Crippen molar-refractivity contribution in [3.63, 3.8) is 0 Å². The van der Waals surface area contributed by atoms with Crippen LogP contribution in [0.4, 0.5) is 11.4 Å². The van der Waals surface area contributed by atoms with Crippen molar-refractivity contribution in [1.29, 1.82) is 5.26 Å². The number of nitrogens with one attached hydrogen (secondary N) is 1. The molecule has 2 aromatic carbocycles. The molecule has 0 aromatic heterocycles. The molecule has 1 N–H and O–H groups in total. The van der Waals surface area contributed by atoms with Crippen molar-refractivity contribution < 1.29 is 13.2 Å². The first-order chi connectivity index (χ1) is 11.7. The predicted octanol–water partition coefficient (Wildman–Crippen LogP) is 2.92. The van der Waals surface area contributed by atoms with Gasteiger partial charge in [-0.1, -0.05) is 17.7 Å². The van der Waals surface area contributed by atoms with Crippen LogP contribution < -0.4 is 9.62 Å². The summed E-state index contributed by atoms with van der Waals surface area (Å²) < 4.78 is 25.3. The van der Waals surface area contributed by atoms with Crippen LogP contribution >= 0.6 is 11.6 Å². The lowest BCUT2D eigenvalue weighted by Crippen LogP contribution is -2.37. The first-order valence-electron chi connectivity index (χ1n) is 7.25. The molecule has 0 aliphatic carbocycles. The number of halogens is 1. The molecule has 0 bridgehead atoms. The Bertz CT molecular complexity index is 935. The van der Waals surface area contributed by atoms with Gasteiger partial charge < -0.3 is 5.32 Å². The van der Waals surface area contributed by atoms with Crippen molar-refractivity contribution in [3.05, 3.63) is 58.6 Å². The van der Waals surface area contributed by atoms with Crippen LogP contribution in [0, 0.1) is 18.3 Å². The van der Waals surface area contributed by atoms with Crippen molar-refractivity contribution >= 4 is 38.9 Å². The normalized spacial score (nSPS) is 10.8. The Kier molecular flexibility index (Phi) is 5.67. The second-order valence-electron chi connectivity index (χ2n) is 5.39. The van der Waals surface area contributed by atoms with Gasteiger partial charge in [0.05, 0.1) is 23.6 Å². The van der Waals surface area contributed by atoms with Crippen LogP contribution in [0.2, 0.25) is 5.02 Å². The lowest BCUT2D eigenvalue weighted by molar-refractivity contribution is -0.114. The maximum atomic E-state index is 12.3. The molecule has 6 nitrogen and oxygen atoms in total. The van der Waals surface area contributed by atoms with Crippen molar-refractivity contribution in [2.24, 2.45) is 0 Å². The Labute approximate surface area is 151 Å². The van der Waals surface area contributed by atoms with E-state index in [0.29, 0.717) is 27.5 Å². The minimum absolute atomic E-state index is 0.352. The molecule has 0 heterocycles. The van der Waals surface area contributed by atoms with Crippen LogP contribution in [-0.4, -0.2) is 27.1 Å². The molecule has 1 amide bonds. The van der Waals surface area contributed by atoms with E-state index in [1.807, 2.05) is 6.07 Å². The Morgan fingerprint density at radius 2 is 1.88 bits per heavy atom. The number of nitrogens with zero attached hydrogens (tertiary/aromatic N) is 2. The summed E-state index contributed by atoms with van der Waals surface area (Å²) in [6.45, 7) is 1.30. The SMILES string of the molecule is Cc1c(Cl)cccc1N(CC(=O)Nc1ccc(C#N)cc1)S(C)(=O)=O. The summed E-state index contributed by atoms with van der Waals surface area (Å²) >= 11 is 6.05. The van der Waals surface area contributed by atoms with Crippen LogP contribution in [0.5, 0.6) is 0 Å². The zero-order valence-corrected chi connectivity index (χ0v) is 15.2. The smallest absolute Gasteiger partial charge is 0.245 e. The maximum absolute atomic E-state index is 12.3. The lowest BCUT2D eigenvalue weighted by Gasteiger charge is -2.24. The van der Waals surface area contributed by atoms with Gasteiger partial charge in [0.25, 0.3) is 0 Å². The maximum Gasteiger partial charge on any atom is 0.245 e. The molecule has 0 unspecified atom stereocenters. The minimum Gasteiger partial charge on any atom is -0.325 e. The second kappa shape index (κ2) is 7.55. The number of rotatable bonds is 5. The van der Waals surface area contributed by atoms with E-state index in [1.54, 1.807) is 49.4 Å². The molecular weight excluding hydrogens is 362 g/mol. The first kappa shape index (κ1) is 18.8.